The number of carbonyl (C=O) groups excluding carboxylic acids is 1. The number of amides is 1. The third kappa shape index (κ3) is 2.66. The van der Waals surface area contributed by atoms with Crippen molar-refractivity contribution < 1.29 is 22.0 Å². The van der Waals surface area contributed by atoms with Crippen molar-refractivity contribution in [2.45, 2.75) is 30.2 Å². The van der Waals surface area contributed by atoms with E-state index in [2.05, 4.69) is 0 Å². The van der Waals surface area contributed by atoms with Crippen molar-refractivity contribution in [1.82, 2.24) is 4.90 Å². The fourth-order valence-electron chi connectivity index (χ4n) is 2.04. The van der Waals surface area contributed by atoms with Gasteiger partial charge in [-0.15, -0.1) is 0 Å². The van der Waals surface area contributed by atoms with E-state index >= 15 is 0 Å². The van der Waals surface area contributed by atoms with Gasteiger partial charge in [-0.1, -0.05) is 0 Å². The number of carbonyl (C=O) groups is 1. The van der Waals surface area contributed by atoms with Crippen molar-refractivity contribution in [3.05, 3.63) is 29.3 Å². The second-order valence-corrected chi connectivity index (χ2v) is 6.34. The normalized spacial score (nSPS) is 15.8. The van der Waals surface area contributed by atoms with Gasteiger partial charge >= 0.3 is 0 Å². The zero-order valence-corrected chi connectivity index (χ0v) is 11.6. The third-order valence-corrected chi connectivity index (χ3v) is 4.43. The van der Waals surface area contributed by atoms with Crippen molar-refractivity contribution >= 4 is 15.9 Å². The molecule has 1 aliphatic rings. The number of sulfonamides is 1. The van der Waals surface area contributed by atoms with E-state index in [1.54, 1.807) is 0 Å². The van der Waals surface area contributed by atoms with Gasteiger partial charge in [-0.05, 0) is 25.3 Å². The number of rotatable bonds is 3. The minimum Gasteiger partial charge on any atom is -0.339 e. The highest BCUT2D eigenvalue weighted by Crippen LogP contribution is 2.26. The van der Waals surface area contributed by atoms with Crippen LogP contribution in [0.15, 0.2) is 17.0 Å². The molecule has 0 aromatic heterocycles. The smallest absolute Gasteiger partial charge is 0.256 e. The second kappa shape index (κ2) is 5.10. The molecule has 110 valence electrons. The Hall–Kier alpha value is -1.54. The van der Waals surface area contributed by atoms with Crippen LogP contribution in [0.1, 0.15) is 29.6 Å². The molecule has 0 saturated heterocycles. The van der Waals surface area contributed by atoms with Crippen LogP contribution in [0.2, 0.25) is 0 Å². The number of halogens is 2. The van der Waals surface area contributed by atoms with Crippen molar-refractivity contribution in [1.29, 1.82) is 0 Å². The molecule has 0 heterocycles. The lowest BCUT2D eigenvalue weighted by Crippen LogP contribution is -2.41. The van der Waals surface area contributed by atoms with Crippen LogP contribution in [0.3, 0.4) is 0 Å². The maximum Gasteiger partial charge on any atom is 0.256 e. The van der Waals surface area contributed by atoms with Crippen LogP contribution in [-0.2, 0) is 10.0 Å². The van der Waals surface area contributed by atoms with E-state index in [0.717, 1.165) is 19.3 Å². The van der Waals surface area contributed by atoms with Gasteiger partial charge < -0.3 is 4.90 Å². The highest BCUT2D eigenvalue weighted by molar-refractivity contribution is 7.89. The van der Waals surface area contributed by atoms with Crippen LogP contribution < -0.4 is 5.14 Å². The highest BCUT2D eigenvalue weighted by Gasteiger charge is 2.29. The van der Waals surface area contributed by atoms with E-state index in [4.69, 9.17) is 5.14 Å². The summed E-state index contributed by atoms with van der Waals surface area (Å²) in [4.78, 5) is 12.6. The van der Waals surface area contributed by atoms with Gasteiger partial charge in [0.05, 0.1) is 5.56 Å². The van der Waals surface area contributed by atoms with Crippen LogP contribution >= 0.6 is 0 Å². The van der Waals surface area contributed by atoms with Crippen molar-refractivity contribution in [2.75, 3.05) is 7.05 Å². The van der Waals surface area contributed by atoms with Crippen LogP contribution in [-0.4, -0.2) is 32.3 Å². The van der Waals surface area contributed by atoms with E-state index in [1.807, 2.05) is 0 Å². The summed E-state index contributed by atoms with van der Waals surface area (Å²) in [5.74, 6) is -3.10. The largest absolute Gasteiger partial charge is 0.339 e. The molecule has 2 N–H and O–H groups in total. The predicted molar refractivity (Wildman–Crippen MR) is 67.5 cm³/mol. The van der Waals surface area contributed by atoms with Crippen LogP contribution in [0.5, 0.6) is 0 Å². The summed E-state index contributed by atoms with van der Waals surface area (Å²) in [7, 11) is -2.85. The van der Waals surface area contributed by atoms with Crippen LogP contribution in [0, 0.1) is 11.6 Å². The average Bonchev–Trinajstić information content (AvgIpc) is 2.23. The monoisotopic (exact) mass is 304 g/mol. The highest BCUT2D eigenvalue weighted by atomic mass is 32.2. The molecule has 2 rings (SSSR count). The first-order valence-electron chi connectivity index (χ1n) is 6.01. The Bertz CT molecular complexity index is 657. The number of hydrogen-bond donors (Lipinski definition) is 1. The summed E-state index contributed by atoms with van der Waals surface area (Å²) >= 11 is 0. The molecule has 0 spiro atoms. The molecular weight excluding hydrogens is 290 g/mol. The Morgan fingerprint density at radius 2 is 1.90 bits per heavy atom. The summed E-state index contributed by atoms with van der Waals surface area (Å²) in [6.45, 7) is 0. The number of benzene rings is 1. The Morgan fingerprint density at radius 3 is 2.35 bits per heavy atom. The van der Waals surface area contributed by atoms with E-state index in [9.17, 15) is 22.0 Å². The SMILES string of the molecule is CN(C(=O)c1cc(S(N)(=O)=O)c(F)cc1F)C1CCC1. The van der Waals surface area contributed by atoms with Gasteiger partial charge in [0.2, 0.25) is 10.0 Å². The van der Waals surface area contributed by atoms with Gasteiger partial charge in [0.25, 0.3) is 5.91 Å². The molecule has 1 aromatic carbocycles. The molecule has 1 fully saturated rings. The van der Waals surface area contributed by atoms with Gasteiger partial charge in [0.1, 0.15) is 16.5 Å². The summed E-state index contributed by atoms with van der Waals surface area (Å²) in [5, 5.41) is 4.83. The topological polar surface area (TPSA) is 80.5 Å². The molecular formula is C12H14F2N2O3S. The van der Waals surface area contributed by atoms with Gasteiger partial charge in [0, 0.05) is 19.2 Å². The standard InChI is InChI=1S/C12H14F2N2O3S/c1-16(7-3-2-4-7)12(17)8-5-11(20(15,18)19)10(14)6-9(8)13/h5-7H,2-4H2,1H3,(H2,15,18,19). The molecule has 1 amide bonds. The maximum atomic E-state index is 13.7. The van der Waals surface area contributed by atoms with Crippen molar-refractivity contribution in [3.63, 3.8) is 0 Å². The summed E-state index contributed by atoms with van der Waals surface area (Å²) in [6.07, 6.45) is 2.61. The second-order valence-electron chi connectivity index (χ2n) is 4.81. The molecule has 20 heavy (non-hydrogen) atoms. The maximum absolute atomic E-state index is 13.7. The first kappa shape index (κ1) is 14.9. The van der Waals surface area contributed by atoms with Gasteiger partial charge in [-0.25, -0.2) is 22.3 Å². The fourth-order valence-corrected chi connectivity index (χ4v) is 2.65. The molecule has 8 heteroatoms. The van der Waals surface area contributed by atoms with Crippen LogP contribution in [0.25, 0.3) is 0 Å². The zero-order chi connectivity index (χ0) is 15.1. The summed E-state index contributed by atoms with van der Waals surface area (Å²) in [6, 6.07) is 1.02. The summed E-state index contributed by atoms with van der Waals surface area (Å²) in [5.41, 5.74) is -0.496. The molecule has 0 radical (unpaired) electrons. The number of primary sulfonamides is 1. The Labute approximate surface area is 115 Å². The lowest BCUT2D eigenvalue weighted by atomic mass is 9.91. The molecule has 5 nitrogen and oxygen atoms in total. The molecule has 0 bridgehead atoms. The Kier molecular flexibility index (Phi) is 3.79. The molecule has 0 aliphatic heterocycles. The molecule has 0 unspecified atom stereocenters. The Morgan fingerprint density at radius 1 is 1.30 bits per heavy atom. The summed E-state index contributed by atoms with van der Waals surface area (Å²) < 4.78 is 49.5. The number of nitrogens with two attached hydrogens (primary N) is 1. The minimum absolute atomic E-state index is 0.00452. The quantitative estimate of drug-likeness (QED) is 0.912. The van der Waals surface area contributed by atoms with Crippen LogP contribution in [0.4, 0.5) is 8.78 Å². The lowest BCUT2D eigenvalue weighted by Gasteiger charge is -2.34. The van der Waals surface area contributed by atoms with E-state index in [1.165, 1.54) is 11.9 Å². The van der Waals surface area contributed by atoms with Crippen molar-refractivity contribution in [3.8, 4) is 0 Å². The minimum atomic E-state index is -4.36. The van der Waals surface area contributed by atoms with E-state index in [0.29, 0.717) is 12.1 Å². The molecule has 1 aliphatic carbocycles. The van der Waals surface area contributed by atoms with Gasteiger partial charge in [-0.2, -0.15) is 0 Å². The molecule has 1 aromatic rings. The number of hydrogen-bond acceptors (Lipinski definition) is 3. The molecule has 1 saturated carbocycles. The van der Waals surface area contributed by atoms with Gasteiger partial charge in [0.15, 0.2) is 0 Å². The zero-order valence-electron chi connectivity index (χ0n) is 10.8. The van der Waals surface area contributed by atoms with E-state index in [-0.39, 0.29) is 6.04 Å². The number of nitrogens with zero attached hydrogens (tertiary/aromatic N) is 1. The predicted octanol–water partition coefficient (Wildman–Crippen LogP) is 1.24. The lowest BCUT2D eigenvalue weighted by molar-refractivity contribution is 0.0647. The first-order chi connectivity index (χ1) is 9.21. The third-order valence-electron chi connectivity index (χ3n) is 3.50. The van der Waals surface area contributed by atoms with E-state index < -0.39 is 38.0 Å². The fraction of sp³-hybridized carbons (Fsp3) is 0.417. The van der Waals surface area contributed by atoms with Crippen molar-refractivity contribution in [2.24, 2.45) is 5.14 Å². The van der Waals surface area contributed by atoms with Gasteiger partial charge in [-0.3, -0.25) is 4.79 Å². The Balaban J connectivity index is 2.43. The average molecular weight is 304 g/mol. The molecule has 0 atom stereocenters. The first-order valence-corrected chi connectivity index (χ1v) is 7.55.